The first-order valence-corrected chi connectivity index (χ1v) is 7.35. The molecule has 0 spiro atoms. The highest BCUT2D eigenvalue weighted by atomic mass is 79.9. The van der Waals surface area contributed by atoms with Gasteiger partial charge < -0.3 is 5.32 Å². The molecule has 0 radical (unpaired) electrons. The summed E-state index contributed by atoms with van der Waals surface area (Å²) >= 11 is 3.21. The molecule has 0 saturated carbocycles. The number of ketones is 1. The zero-order chi connectivity index (χ0) is 15.7. The van der Waals surface area contributed by atoms with Crippen LogP contribution in [0.1, 0.15) is 24.2 Å². The Morgan fingerprint density at radius 3 is 2.71 bits per heavy atom. The monoisotopic (exact) mass is 354 g/mol. The molecule has 0 saturated heterocycles. The summed E-state index contributed by atoms with van der Waals surface area (Å²) in [6.07, 6.45) is 0. The Morgan fingerprint density at radius 1 is 1.43 bits per heavy atom. The van der Waals surface area contributed by atoms with Crippen LogP contribution in [0.25, 0.3) is 0 Å². The fraction of sp³-hybridized carbons (Fsp3) is 0.333. The van der Waals surface area contributed by atoms with Crippen molar-refractivity contribution in [3.8, 4) is 0 Å². The number of hydrogen-bond acceptors (Lipinski definition) is 3. The Labute approximate surface area is 131 Å². The molecule has 0 aromatic heterocycles. The van der Waals surface area contributed by atoms with E-state index in [0.717, 1.165) is 11.6 Å². The van der Waals surface area contributed by atoms with Gasteiger partial charge in [-0.15, -0.1) is 0 Å². The number of nitrogens with zero attached hydrogens (tertiary/aromatic N) is 1. The van der Waals surface area contributed by atoms with Crippen molar-refractivity contribution < 1.29 is 14.0 Å². The van der Waals surface area contributed by atoms with Crippen LogP contribution in [0.5, 0.6) is 0 Å². The van der Waals surface area contributed by atoms with Crippen LogP contribution in [-0.4, -0.2) is 30.8 Å². The molecule has 1 N–H and O–H groups in total. The van der Waals surface area contributed by atoms with E-state index in [9.17, 15) is 14.0 Å². The zero-order valence-electron chi connectivity index (χ0n) is 11.9. The SMILES string of the molecule is C=C(CNC(C)C)CN1C(=O)C(=O)c2cc(F)cc(Br)c21. The molecule has 1 amide bonds. The average molecular weight is 355 g/mol. The van der Waals surface area contributed by atoms with Crippen LogP contribution >= 0.6 is 15.9 Å². The van der Waals surface area contributed by atoms with E-state index in [1.807, 2.05) is 13.8 Å². The normalized spacial score (nSPS) is 14.0. The van der Waals surface area contributed by atoms with Crippen molar-refractivity contribution in [1.82, 2.24) is 5.32 Å². The number of benzene rings is 1. The minimum absolute atomic E-state index is 0.0940. The summed E-state index contributed by atoms with van der Waals surface area (Å²) in [5.74, 6) is -1.89. The minimum Gasteiger partial charge on any atom is -0.311 e. The molecule has 112 valence electrons. The standard InChI is InChI=1S/C15H16BrFN2O2/c1-8(2)18-6-9(3)7-19-13-11(14(20)15(19)21)4-10(17)5-12(13)16/h4-5,8,18H,3,6-7H2,1-2H3. The highest BCUT2D eigenvalue weighted by Crippen LogP contribution is 2.37. The summed E-state index contributed by atoms with van der Waals surface area (Å²) in [5.41, 5.74) is 1.28. The second kappa shape index (κ2) is 6.07. The van der Waals surface area contributed by atoms with Crippen LogP contribution in [0, 0.1) is 5.82 Å². The van der Waals surface area contributed by atoms with Crippen molar-refractivity contribution in [2.45, 2.75) is 19.9 Å². The van der Waals surface area contributed by atoms with Crippen molar-refractivity contribution >= 4 is 33.3 Å². The molecule has 2 rings (SSSR count). The van der Waals surface area contributed by atoms with Gasteiger partial charge in [-0.3, -0.25) is 14.5 Å². The van der Waals surface area contributed by atoms with Crippen LogP contribution in [0.3, 0.4) is 0 Å². The molecule has 1 aliphatic heterocycles. The quantitative estimate of drug-likeness (QED) is 0.653. The van der Waals surface area contributed by atoms with Gasteiger partial charge in [-0.25, -0.2) is 4.39 Å². The van der Waals surface area contributed by atoms with Gasteiger partial charge in [0.15, 0.2) is 0 Å². The summed E-state index contributed by atoms with van der Waals surface area (Å²) in [4.78, 5) is 25.3. The first-order valence-electron chi connectivity index (χ1n) is 6.56. The van der Waals surface area contributed by atoms with Crippen LogP contribution in [-0.2, 0) is 4.79 Å². The van der Waals surface area contributed by atoms with E-state index in [1.54, 1.807) is 0 Å². The van der Waals surface area contributed by atoms with Crippen molar-refractivity contribution in [2.75, 3.05) is 18.0 Å². The Hall–Kier alpha value is -1.53. The maximum Gasteiger partial charge on any atom is 0.299 e. The van der Waals surface area contributed by atoms with Crippen molar-refractivity contribution in [2.24, 2.45) is 0 Å². The third-order valence-electron chi connectivity index (χ3n) is 3.12. The molecule has 0 bridgehead atoms. The smallest absolute Gasteiger partial charge is 0.299 e. The number of anilines is 1. The minimum atomic E-state index is -0.685. The lowest BCUT2D eigenvalue weighted by atomic mass is 10.1. The van der Waals surface area contributed by atoms with Gasteiger partial charge in [0.05, 0.1) is 11.3 Å². The number of rotatable bonds is 5. The van der Waals surface area contributed by atoms with Gasteiger partial charge >= 0.3 is 0 Å². The summed E-state index contributed by atoms with van der Waals surface area (Å²) in [5, 5.41) is 3.20. The van der Waals surface area contributed by atoms with E-state index in [2.05, 4.69) is 27.8 Å². The van der Waals surface area contributed by atoms with Gasteiger partial charge in [-0.2, -0.15) is 0 Å². The highest BCUT2D eigenvalue weighted by Gasteiger charge is 2.37. The summed E-state index contributed by atoms with van der Waals surface area (Å²) in [6, 6.07) is 2.63. The zero-order valence-corrected chi connectivity index (χ0v) is 13.5. The summed E-state index contributed by atoms with van der Waals surface area (Å²) in [7, 11) is 0. The van der Waals surface area contributed by atoms with E-state index in [4.69, 9.17) is 0 Å². The lowest BCUT2D eigenvalue weighted by Crippen LogP contribution is -2.35. The number of fused-ring (bicyclic) bond motifs is 1. The highest BCUT2D eigenvalue weighted by molar-refractivity contribution is 9.10. The van der Waals surface area contributed by atoms with E-state index < -0.39 is 17.5 Å². The Bertz CT molecular complexity index is 628. The first kappa shape index (κ1) is 15.9. The maximum absolute atomic E-state index is 13.4. The molecule has 0 aliphatic carbocycles. The topological polar surface area (TPSA) is 49.4 Å². The molecule has 0 fully saturated rings. The van der Waals surface area contributed by atoms with Crippen molar-refractivity contribution in [1.29, 1.82) is 0 Å². The molecule has 1 aliphatic rings. The second-order valence-corrected chi connectivity index (χ2v) is 6.14. The van der Waals surface area contributed by atoms with Gasteiger partial charge in [0.1, 0.15) is 5.82 Å². The summed E-state index contributed by atoms with van der Waals surface area (Å²) in [6.45, 7) is 8.69. The van der Waals surface area contributed by atoms with Gasteiger partial charge in [0.2, 0.25) is 0 Å². The fourth-order valence-electron chi connectivity index (χ4n) is 2.13. The Morgan fingerprint density at radius 2 is 2.10 bits per heavy atom. The third kappa shape index (κ3) is 3.22. The number of hydrogen-bond donors (Lipinski definition) is 1. The number of carbonyl (C=O) groups is 2. The van der Waals surface area contributed by atoms with Crippen molar-refractivity contribution in [3.63, 3.8) is 0 Å². The molecule has 1 aromatic rings. The molecule has 1 aromatic carbocycles. The largest absolute Gasteiger partial charge is 0.311 e. The molecule has 4 nitrogen and oxygen atoms in total. The number of amides is 1. The molecule has 1 heterocycles. The molecular weight excluding hydrogens is 339 g/mol. The van der Waals surface area contributed by atoms with Crippen molar-refractivity contribution in [3.05, 3.63) is 40.1 Å². The van der Waals surface area contributed by atoms with Crippen LogP contribution < -0.4 is 10.2 Å². The van der Waals surface area contributed by atoms with Crippen LogP contribution in [0.15, 0.2) is 28.8 Å². The lowest BCUT2D eigenvalue weighted by molar-refractivity contribution is -0.114. The molecule has 6 heteroatoms. The van der Waals surface area contributed by atoms with Crippen LogP contribution in [0.4, 0.5) is 10.1 Å². The average Bonchev–Trinajstić information content (AvgIpc) is 2.62. The second-order valence-electron chi connectivity index (χ2n) is 5.29. The number of Topliss-reactive ketones (excluding diaryl/α,β-unsaturated/α-hetero) is 1. The predicted molar refractivity (Wildman–Crippen MR) is 83.1 cm³/mol. The predicted octanol–water partition coefficient (Wildman–Crippen LogP) is 2.67. The van der Waals surface area contributed by atoms with E-state index in [0.29, 0.717) is 22.7 Å². The van der Waals surface area contributed by atoms with E-state index >= 15 is 0 Å². The van der Waals surface area contributed by atoms with Gasteiger partial charge in [-0.05, 0) is 33.6 Å². The van der Waals surface area contributed by atoms with Gasteiger partial charge in [0, 0.05) is 23.6 Å². The fourth-order valence-corrected chi connectivity index (χ4v) is 2.78. The number of halogens is 2. The molecule has 0 atom stereocenters. The molecule has 0 unspecified atom stereocenters. The molecule has 21 heavy (non-hydrogen) atoms. The van der Waals surface area contributed by atoms with Gasteiger partial charge in [-0.1, -0.05) is 20.4 Å². The number of nitrogens with one attached hydrogen (secondary N) is 1. The number of carbonyl (C=O) groups excluding carboxylic acids is 2. The Balaban J connectivity index is 2.25. The third-order valence-corrected chi connectivity index (χ3v) is 3.73. The maximum atomic E-state index is 13.4. The first-order chi connectivity index (χ1) is 9.81. The van der Waals surface area contributed by atoms with E-state index in [1.165, 1.54) is 11.0 Å². The van der Waals surface area contributed by atoms with E-state index in [-0.39, 0.29) is 12.1 Å². The molecular formula is C15H16BrFN2O2. The lowest BCUT2D eigenvalue weighted by Gasteiger charge is -2.20. The van der Waals surface area contributed by atoms with Gasteiger partial charge in [0.25, 0.3) is 11.7 Å². The van der Waals surface area contributed by atoms with Crippen LogP contribution in [0.2, 0.25) is 0 Å². The Kier molecular flexibility index (Phi) is 4.58. The summed E-state index contributed by atoms with van der Waals surface area (Å²) < 4.78 is 13.8.